The number of hydrogen-bond donors (Lipinski definition) is 0. The summed E-state index contributed by atoms with van der Waals surface area (Å²) in [6.07, 6.45) is 0. The molecule has 2 unspecified atom stereocenters. The molecule has 0 spiro atoms. The maximum absolute atomic E-state index is 13.0. The molecule has 0 aromatic heterocycles. The minimum Gasteiger partial charge on any atom is -0.546 e. The topological polar surface area (TPSA) is 29.5 Å². The van der Waals surface area contributed by atoms with Crippen LogP contribution in [0.3, 0.4) is 0 Å². The fraction of sp³-hybridized carbons (Fsp3) is 0.571. The molecule has 2 rings (SSSR count). The van der Waals surface area contributed by atoms with Gasteiger partial charge in [-0.25, -0.2) is 0 Å². The second-order valence-corrected chi connectivity index (χ2v) is 14.8. The smallest absolute Gasteiger partial charge is 0.250 e. The largest absolute Gasteiger partial charge is 0.546 e. The molecule has 1 amide bonds. The van der Waals surface area contributed by atoms with Crippen molar-refractivity contribution in [1.82, 2.24) is 4.90 Å². The van der Waals surface area contributed by atoms with E-state index in [1.54, 1.807) is 0 Å². The lowest BCUT2D eigenvalue weighted by Crippen LogP contribution is -2.63. The van der Waals surface area contributed by atoms with Gasteiger partial charge in [0, 0.05) is 10.6 Å². The highest BCUT2D eigenvalue weighted by Gasteiger charge is 2.55. The average Bonchev–Trinajstić information content (AvgIpc) is 2.42. The van der Waals surface area contributed by atoms with Crippen molar-refractivity contribution in [3.63, 3.8) is 0 Å². The van der Waals surface area contributed by atoms with Gasteiger partial charge in [-0.1, -0.05) is 51.1 Å². The molecule has 2 atom stereocenters. The van der Waals surface area contributed by atoms with Crippen LogP contribution in [0.25, 0.3) is 0 Å². The standard InChI is InChI=1S/C21H32ClNO2Si/c1-14(25-26(8,9)21(5,6)7)17-18(15-10-12-16(22)13-11-15)23(19(17)24)20(2,3)4/h10-13,17-18H,1H2,2-9H3. The summed E-state index contributed by atoms with van der Waals surface area (Å²) in [6, 6.07) is 7.65. The first-order valence-corrected chi connectivity index (χ1v) is 12.4. The maximum atomic E-state index is 13.0. The Bertz CT molecular complexity index is 698. The normalized spacial score (nSPS) is 21.4. The first-order valence-electron chi connectivity index (χ1n) is 9.13. The highest BCUT2D eigenvalue weighted by molar-refractivity contribution is 6.74. The third-order valence-corrected chi connectivity index (χ3v) is 10.2. The van der Waals surface area contributed by atoms with E-state index in [1.165, 1.54) is 0 Å². The number of likely N-dealkylation sites (tertiary alicyclic amines) is 1. The van der Waals surface area contributed by atoms with Gasteiger partial charge in [0.2, 0.25) is 14.2 Å². The van der Waals surface area contributed by atoms with Crippen molar-refractivity contribution in [1.29, 1.82) is 0 Å². The van der Waals surface area contributed by atoms with Crippen molar-refractivity contribution >= 4 is 25.8 Å². The molecule has 144 valence electrons. The third-order valence-electron chi connectivity index (χ3n) is 5.57. The SMILES string of the molecule is C=C(O[Si](C)(C)C(C)(C)C)C1C(=O)N(C(C)(C)C)C1c1ccc(Cl)cc1. The van der Waals surface area contributed by atoms with Crippen molar-refractivity contribution < 1.29 is 9.22 Å². The number of carbonyl (C=O) groups is 1. The minimum absolute atomic E-state index is 0.0578. The van der Waals surface area contributed by atoms with Crippen LogP contribution >= 0.6 is 11.6 Å². The number of halogens is 1. The molecule has 0 saturated carbocycles. The van der Waals surface area contributed by atoms with E-state index in [0.29, 0.717) is 10.8 Å². The number of benzene rings is 1. The highest BCUT2D eigenvalue weighted by Crippen LogP contribution is 2.49. The van der Waals surface area contributed by atoms with E-state index in [1.807, 2.05) is 29.2 Å². The van der Waals surface area contributed by atoms with Gasteiger partial charge >= 0.3 is 0 Å². The van der Waals surface area contributed by atoms with Crippen LogP contribution in [0.2, 0.25) is 23.2 Å². The van der Waals surface area contributed by atoms with E-state index < -0.39 is 8.32 Å². The van der Waals surface area contributed by atoms with Crippen molar-refractivity contribution in [3.8, 4) is 0 Å². The summed E-state index contributed by atoms with van der Waals surface area (Å²) in [6.45, 7) is 21.3. The van der Waals surface area contributed by atoms with Gasteiger partial charge in [-0.15, -0.1) is 0 Å². The van der Waals surface area contributed by atoms with Crippen LogP contribution in [0.4, 0.5) is 0 Å². The second-order valence-electron chi connectivity index (χ2n) is 9.68. The molecule has 1 aromatic carbocycles. The van der Waals surface area contributed by atoms with Gasteiger partial charge in [0.05, 0.1) is 11.8 Å². The Morgan fingerprint density at radius 3 is 2.04 bits per heavy atom. The molecule has 0 radical (unpaired) electrons. The van der Waals surface area contributed by atoms with Crippen LogP contribution in [-0.4, -0.2) is 24.7 Å². The van der Waals surface area contributed by atoms with Gasteiger partial charge in [-0.05, 0) is 56.6 Å². The number of carbonyl (C=O) groups excluding carboxylic acids is 1. The summed E-state index contributed by atoms with van der Waals surface area (Å²) in [5.74, 6) is 0.340. The van der Waals surface area contributed by atoms with Gasteiger partial charge in [-0.2, -0.15) is 0 Å². The molecule has 0 aliphatic carbocycles. The first-order chi connectivity index (χ1) is 11.7. The summed E-state index contributed by atoms with van der Waals surface area (Å²) in [4.78, 5) is 14.9. The van der Waals surface area contributed by atoms with Crippen LogP contribution in [0.5, 0.6) is 0 Å². The fourth-order valence-corrected chi connectivity index (χ4v) is 4.31. The van der Waals surface area contributed by atoms with Gasteiger partial charge in [0.1, 0.15) is 5.92 Å². The molecule has 0 N–H and O–H groups in total. The fourth-order valence-electron chi connectivity index (χ4n) is 3.10. The number of hydrogen-bond acceptors (Lipinski definition) is 2. The van der Waals surface area contributed by atoms with Crippen LogP contribution in [-0.2, 0) is 9.22 Å². The van der Waals surface area contributed by atoms with Crippen LogP contribution in [0.1, 0.15) is 53.1 Å². The van der Waals surface area contributed by atoms with Crippen molar-refractivity contribution in [2.24, 2.45) is 5.92 Å². The van der Waals surface area contributed by atoms with Gasteiger partial charge in [-0.3, -0.25) is 4.79 Å². The third kappa shape index (κ3) is 3.86. The first kappa shape index (κ1) is 21.0. The zero-order valence-electron chi connectivity index (χ0n) is 17.3. The Morgan fingerprint density at radius 2 is 1.62 bits per heavy atom. The van der Waals surface area contributed by atoms with Gasteiger partial charge in [0.25, 0.3) is 0 Å². The van der Waals surface area contributed by atoms with Gasteiger partial charge < -0.3 is 9.33 Å². The molecule has 1 aliphatic rings. The molecular weight excluding hydrogens is 362 g/mol. The van der Waals surface area contributed by atoms with Crippen molar-refractivity contribution in [2.45, 2.75) is 71.3 Å². The van der Waals surface area contributed by atoms with E-state index in [-0.39, 0.29) is 28.4 Å². The summed E-state index contributed by atoms with van der Waals surface area (Å²) >= 11 is 6.05. The monoisotopic (exact) mass is 393 g/mol. The maximum Gasteiger partial charge on any atom is 0.250 e. The molecule has 26 heavy (non-hydrogen) atoms. The number of amides is 1. The quantitative estimate of drug-likeness (QED) is 0.347. The Labute approximate surface area is 164 Å². The molecule has 1 heterocycles. The predicted molar refractivity (Wildman–Crippen MR) is 112 cm³/mol. The summed E-state index contributed by atoms with van der Waals surface area (Å²) in [5, 5.41) is 0.747. The zero-order chi connectivity index (χ0) is 20.1. The van der Waals surface area contributed by atoms with E-state index in [9.17, 15) is 4.79 Å². The molecule has 5 heteroatoms. The zero-order valence-corrected chi connectivity index (χ0v) is 19.1. The number of rotatable bonds is 4. The lowest BCUT2D eigenvalue weighted by atomic mass is 9.78. The summed E-state index contributed by atoms with van der Waals surface area (Å²) < 4.78 is 6.38. The van der Waals surface area contributed by atoms with Crippen LogP contribution in [0, 0.1) is 5.92 Å². The molecule has 1 aromatic rings. The molecule has 1 aliphatic heterocycles. The lowest BCUT2D eigenvalue weighted by Gasteiger charge is -2.55. The summed E-state index contributed by atoms with van der Waals surface area (Å²) in [5.41, 5.74) is 0.795. The molecule has 1 fully saturated rings. The Kier molecular flexibility index (Phi) is 5.44. The summed E-state index contributed by atoms with van der Waals surface area (Å²) in [7, 11) is -2.04. The van der Waals surface area contributed by atoms with Crippen LogP contribution in [0.15, 0.2) is 36.6 Å². The van der Waals surface area contributed by atoms with Crippen molar-refractivity contribution in [3.05, 3.63) is 47.2 Å². The second kappa shape index (κ2) is 6.72. The van der Waals surface area contributed by atoms with E-state index in [4.69, 9.17) is 16.0 Å². The average molecular weight is 394 g/mol. The molecule has 0 bridgehead atoms. The van der Waals surface area contributed by atoms with Crippen LogP contribution < -0.4 is 0 Å². The highest BCUT2D eigenvalue weighted by atomic mass is 35.5. The van der Waals surface area contributed by atoms with Crippen molar-refractivity contribution in [2.75, 3.05) is 0 Å². The van der Waals surface area contributed by atoms with Gasteiger partial charge in [0.15, 0.2) is 0 Å². The predicted octanol–water partition coefficient (Wildman–Crippen LogP) is 6.17. The number of nitrogens with zero attached hydrogens (tertiary/aromatic N) is 1. The number of β-lactam (4-membered cyclic amide) rings is 1. The minimum atomic E-state index is -2.04. The molecular formula is C21H32ClNO2Si. The Balaban J connectivity index is 2.35. The van der Waals surface area contributed by atoms with E-state index in [2.05, 4.69) is 61.2 Å². The van der Waals surface area contributed by atoms with E-state index in [0.717, 1.165) is 5.56 Å². The van der Waals surface area contributed by atoms with E-state index >= 15 is 0 Å². The lowest BCUT2D eigenvalue weighted by molar-refractivity contribution is -0.165. The molecule has 3 nitrogen and oxygen atoms in total. The Hall–Kier alpha value is -1.26. The Morgan fingerprint density at radius 1 is 1.12 bits per heavy atom. The molecule has 1 saturated heterocycles.